The molecule has 0 radical (unpaired) electrons. The van der Waals surface area contributed by atoms with Crippen molar-refractivity contribution in [3.05, 3.63) is 28.4 Å². The van der Waals surface area contributed by atoms with Gasteiger partial charge in [0.1, 0.15) is 12.0 Å². The zero-order chi connectivity index (χ0) is 12.1. The van der Waals surface area contributed by atoms with Gasteiger partial charge in [0.15, 0.2) is 0 Å². The Hall–Kier alpha value is -1.65. The van der Waals surface area contributed by atoms with Crippen LogP contribution in [0.3, 0.4) is 0 Å². The molecule has 0 aliphatic heterocycles. The minimum absolute atomic E-state index is 0.0337. The van der Waals surface area contributed by atoms with Crippen molar-refractivity contribution < 1.29 is 4.92 Å². The van der Waals surface area contributed by atoms with Crippen LogP contribution in [-0.2, 0) is 0 Å². The molecule has 1 saturated carbocycles. The normalized spacial score (nSPS) is 16.0. The fourth-order valence-corrected chi connectivity index (χ4v) is 2.30. The average molecular weight is 235 g/mol. The van der Waals surface area contributed by atoms with Gasteiger partial charge in [0.25, 0.3) is 5.69 Å². The summed E-state index contributed by atoms with van der Waals surface area (Å²) in [6, 6.07) is 3.14. The van der Waals surface area contributed by atoms with Gasteiger partial charge in [-0.2, -0.15) is 0 Å². The van der Waals surface area contributed by atoms with E-state index >= 15 is 0 Å². The Labute approximate surface area is 100 Å². The van der Waals surface area contributed by atoms with E-state index in [-0.39, 0.29) is 5.69 Å². The van der Waals surface area contributed by atoms with Gasteiger partial charge in [0.05, 0.1) is 4.92 Å². The monoisotopic (exact) mass is 235 g/mol. The third-order valence-electron chi connectivity index (χ3n) is 3.29. The Balaban J connectivity index is 1.76. The second-order valence-corrected chi connectivity index (χ2v) is 4.52. The summed E-state index contributed by atoms with van der Waals surface area (Å²) in [7, 11) is 0. The summed E-state index contributed by atoms with van der Waals surface area (Å²) in [6.45, 7) is 0.898. The summed E-state index contributed by atoms with van der Waals surface area (Å²) >= 11 is 0. The van der Waals surface area contributed by atoms with Crippen LogP contribution in [0.1, 0.15) is 32.1 Å². The van der Waals surface area contributed by atoms with Crippen molar-refractivity contribution in [1.29, 1.82) is 0 Å². The molecule has 1 fully saturated rings. The number of aromatic nitrogens is 1. The van der Waals surface area contributed by atoms with Crippen molar-refractivity contribution >= 4 is 11.5 Å². The zero-order valence-corrected chi connectivity index (χ0v) is 9.76. The SMILES string of the molecule is O=[N+]([O-])c1ccc(NCCC2CCCC2)nc1. The van der Waals surface area contributed by atoms with Gasteiger partial charge >= 0.3 is 0 Å². The molecular formula is C12H17N3O2. The Bertz CT molecular complexity index is 372. The lowest BCUT2D eigenvalue weighted by molar-refractivity contribution is -0.385. The van der Waals surface area contributed by atoms with E-state index in [9.17, 15) is 10.1 Å². The van der Waals surface area contributed by atoms with Crippen LogP contribution in [0.2, 0.25) is 0 Å². The second-order valence-electron chi connectivity index (χ2n) is 4.52. The highest BCUT2D eigenvalue weighted by Gasteiger charge is 2.14. The van der Waals surface area contributed by atoms with Crippen molar-refractivity contribution in [3.63, 3.8) is 0 Å². The molecule has 1 aromatic rings. The van der Waals surface area contributed by atoms with Crippen LogP contribution >= 0.6 is 0 Å². The highest BCUT2D eigenvalue weighted by molar-refractivity contribution is 5.39. The van der Waals surface area contributed by atoms with Crippen LogP contribution in [0.5, 0.6) is 0 Å². The molecule has 1 aliphatic carbocycles. The molecular weight excluding hydrogens is 218 g/mol. The van der Waals surface area contributed by atoms with Crippen LogP contribution in [0.25, 0.3) is 0 Å². The lowest BCUT2D eigenvalue weighted by Crippen LogP contribution is -2.07. The molecule has 0 unspecified atom stereocenters. The van der Waals surface area contributed by atoms with Gasteiger partial charge < -0.3 is 5.32 Å². The molecule has 1 aliphatic rings. The molecule has 0 atom stereocenters. The first-order valence-electron chi connectivity index (χ1n) is 6.10. The molecule has 5 nitrogen and oxygen atoms in total. The van der Waals surface area contributed by atoms with Gasteiger partial charge in [0, 0.05) is 12.6 Å². The number of anilines is 1. The van der Waals surface area contributed by atoms with Crippen LogP contribution < -0.4 is 5.32 Å². The van der Waals surface area contributed by atoms with Crippen molar-refractivity contribution in [2.75, 3.05) is 11.9 Å². The van der Waals surface area contributed by atoms with E-state index in [1.807, 2.05) is 0 Å². The number of hydrogen-bond acceptors (Lipinski definition) is 4. The molecule has 1 heterocycles. The third-order valence-corrected chi connectivity index (χ3v) is 3.29. The number of hydrogen-bond donors (Lipinski definition) is 1. The first-order chi connectivity index (χ1) is 8.25. The third kappa shape index (κ3) is 3.41. The van der Waals surface area contributed by atoms with Gasteiger partial charge in [-0.15, -0.1) is 0 Å². The molecule has 2 rings (SSSR count). The average Bonchev–Trinajstić information content (AvgIpc) is 2.83. The highest BCUT2D eigenvalue weighted by Crippen LogP contribution is 2.27. The lowest BCUT2D eigenvalue weighted by atomic mass is 10.0. The number of nitro groups is 1. The second kappa shape index (κ2) is 5.61. The maximum absolute atomic E-state index is 10.4. The topological polar surface area (TPSA) is 68.1 Å². The molecule has 0 amide bonds. The molecule has 0 saturated heterocycles. The number of pyridine rings is 1. The summed E-state index contributed by atoms with van der Waals surface area (Å²) < 4.78 is 0. The Kier molecular flexibility index (Phi) is 3.90. The first-order valence-corrected chi connectivity index (χ1v) is 6.10. The largest absolute Gasteiger partial charge is 0.370 e. The van der Waals surface area contributed by atoms with Crippen molar-refractivity contribution in [3.8, 4) is 0 Å². The van der Waals surface area contributed by atoms with Crippen molar-refractivity contribution in [2.45, 2.75) is 32.1 Å². The predicted octanol–water partition coefficient (Wildman–Crippen LogP) is 2.98. The smallest absolute Gasteiger partial charge is 0.287 e. The van der Waals surface area contributed by atoms with Crippen molar-refractivity contribution in [1.82, 2.24) is 4.98 Å². The van der Waals surface area contributed by atoms with Crippen LogP contribution in [-0.4, -0.2) is 16.5 Å². The van der Waals surface area contributed by atoms with E-state index in [1.54, 1.807) is 6.07 Å². The molecule has 0 aromatic carbocycles. The van der Waals surface area contributed by atoms with Crippen LogP contribution in [0.15, 0.2) is 18.3 Å². The van der Waals surface area contributed by atoms with E-state index in [0.717, 1.165) is 12.5 Å². The fourth-order valence-electron chi connectivity index (χ4n) is 2.30. The minimum atomic E-state index is -0.435. The Morgan fingerprint density at radius 2 is 2.18 bits per heavy atom. The van der Waals surface area contributed by atoms with Gasteiger partial charge in [-0.25, -0.2) is 4.98 Å². The van der Waals surface area contributed by atoms with E-state index < -0.39 is 4.92 Å². The van der Waals surface area contributed by atoms with E-state index in [4.69, 9.17) is 0 Å². The van der Waals surface area contributed by atoms with Crippen molar-refractivity contribution in [2.24, 2.45) is 5.92 Å². The lowest BCUT2D eigenvalue weighted by Gasteiger charge is -2.09. The minimum Gasteiger partial charge on any atom is -0.370 e. The molecule has 92 valence electrons. The zero-order valence-electron chi connectivity index (χ0n) is 9.76. The number of nitrogens with zero attached hydrogens (tertiary/aromatic N) is 2. The Morgan fingerprint density at radius 3 is 2.76 bits per heavy atom. The van der Waals surface area contributed by atoms with Gasteiger partial charge in [-0.05, 0) is 18.4 Å². The summed E-state index contributed by atoms with van der Waals surface area (Å²) in [5, 5.41) is 13.6. The first kappa shape index (κ1) is 11.8. The quantitative estimate of drug-likeness (QED) is 0.629. The summed E-state index contributed by atoms with van der Waals surface area (Å²) in [5.41, 5.74) is 0.0337. The summed E-state index contributed by atoms with van der Waals surface area (Å²) in [6.07, 6.45) is 7.86. The number of nitrogens with one attached hydrogen (secondary N) is 1. The summed E-state index contributed by atoms with van der Waals surface area (Å²) in [4.78, 5) is 14.0. The number of rotatable bonds is 5. The van der Waals surface area contributed by atoms with Gasteiger partial charge in [-0.1, -0.05) is 25.7 Å². The standard InChI is InChI=1S/C12H17N3O2/c16-15(17)11-5-6-12(14-9-11)13-8-7-10-3-1-2-4-10/h5-6,9-10H,1-4,7-8H2,(H,13,14). The predicted molar refractivity (Wildman–Crippen MR) is 66.0 cm³/mol. The summed E-state index contributed by atoms with van der Waals surface area (Å²) in [5.74, 6) is 1.56. The van der Waals surface area contributed by atoms with Gasteiger partial charge in [-0.3, -0.25) is 10.1 Å². The van der Waals surface area contributed by atoms with E-state index in [2.05, 4.69) is 10.3 Å². The molecule has 5 heteroatoms. The molecule has 0 spiro atoms. The van der Waals surface area contributed by atoms with Gasteiger partial charge in [0.2, 0.25) is 0 Å². The highest BCUT2D eigenvalue weighted by atomic mass is 16.6. The van der Waals surface area contributed by atoms with E-state index in [0.29, 0.717) is 5.82 Å². The molecule has 0 bridgehead atoms. The van der Waals surface area contributed by atoms with Crippen LogP contribution in [0, 0.1) is 16.0 Å². The maximum Gasteiger partial charge on any atom is 0.287 e. The Morgan fingerprint density at radius 1 is 1.41 bits per heavy atom. The molecule has 1 N–H and O–H groups in total. The van der Waals surface area contributed by atoms with E-state index in [1.165, 1.54) is 44.4 Å². The maximum atomic E-state index is 10.4. The molecule has 17 heavy (non-hydrogen) atoms. The van der Waals surface area contributed by atoms with Crippen LogP contribution in [0.4, 0.5) is 11.5 Å². The molecule has 1 aromatic heterocycles. The fraction of sp³-hybridized carbons (Fsp3) is 0.583.